The molecule has 0 bridgehead atoms. The number of carbonyl (C=O) groups is 1. The number of benzene rings is 1. The van der Waals surface area contributed by atoms with Gasteiger partial charge in [-0.3, -0.25) is 9.69 Å². The highest BCUT2D eigenvalue weighted by molar-refractivity contribution is 5.94. The molecule has 0 aliphatic carbocycles. The Hall–Kier alpha value is -1.39. The van der Waals surface area contributed by atoms with Crippen molar-refractivity contribution in [2.24, 2.45) is 5.92 Å². The number of nitrogens with zero attached hydrogens (tertiary/aromatic N) is 2. The average Bonchev–Trinajstić information content (AvgIpc) is 2.85. The molecule has 0 radical (unpaired) electrons. The van der Waals surface area contributed by atoms with Crippen molar-refractivity contribution in [1.29, 1.82) is 0 Å². The maximum absolute atomic E-state index is 11.9. The topological polar surface area (TPSA) is 43.8 Å². The Balaban J connectivity index is 2.01. The second kappa shape index (κ2) is 6.17. The Kier molecular flexibility index (Phi) is 4.56. The third-order valence-corrected chi connectivity index (χ3v) is 3.61. The molecule has 0 aromatic heterocycles. The van der Waals surface area contributed by atoms with E-state index in [4.69, 9.17) is 5.11 Å². The monoisotopic (exact) mass is 262 g/mol. The minimum atomic E-state index is 0.0384. The van der Waals surface area contributed by atoms with Gasteiger partial charge in [0, 0.05) is 39.4 Å². The van der Waals surface area contributed by atoms with Crippen LogP contribution in [0.25, 0.3) is 0 Å². The van der Waals surface area contributed by atoms with Crippen LogP contribution in [-0.4, -0.2) is 54.6 Å². The molecule has 4 nitrogen and oxygen atoms in total. The summed E-state index contributed by atoms with van der Waals surface area (Å²) in [6, 6.07) is 7.81. The zero-order valence-electron chi connectivity index (χ0n) is 11.7. The molecule has 1 N–H and O–H groups in total. The smallest absolute Gasteiger partial charge is 0.253 e. The van der Waals surface area contributed by atoms with E-state index in [9.17, 15) is 4.79 Å². The number of aliphatic hydroxyl groups is 1. The van der Waals surface area contributed by atoms with Crippen molar-refractivity contribution in [2.45, 2.75) is 13.0 Å². The Labute approximate surface area is 114 Å². The molecular formula is C15H22N2O2. The second-order valence-corrected chi connectivity index (χ2v) is 5.47. The highest BCUT2D eigenvalue weighted by atomic mass is 16.3. The molecule has 1 unspecified atom stereocenters. The van der Waals surface area contributed by atoms with Gasteiger partial charge in [0.15, 0.2) is 0 Å². The molecule has 1 aliphatic heterocycles. The number of aliphatic hydroxyl groups excluding tert-OH is 1. The Bertz CT molecular complexity index is 446. The van der Waals surface area contributed by atoms with Crippen LogP contribution in [0.2, 0.25) is 0 Å². The van der Waals surface area contributed by atoms with Crippen molar-refractivity contribution < 1.29 is 9.90 Å². The van der Waals surface area contributed by atoms with Crippen molar-refractivity contribution >= 4 is 5.91 Å². The first-order valence-electron chi connectivity index (χ1n) is 6.74. The lowest BCUT2D eigenvalue weighted by Gasteiger charge is -2.16. The third-order valence-electron chi connectivity index (χ3n) is 3.61. The number of likely N-dealkylation sites (tertiary alicyclic amines) is 1. The normalized spacial score (nSPS) is 19.6. The number of hydrogen-bond acceptors (Lipinski definition) is 3. The van der Waals surface area contributed by atoms with Gasteiger partial charge in [0.25, 0.3) is 5.91 Å². The molecule has 1 heterocycles. The molecule has 4 heteroatoms. The molecule has 104 valence electrons. The summed E-state index contributed by atoms with van der Waals surface area (Å²) in [4.78, 5) is 15.8. The molecule has 1 amide bonds. The van der Waals surface area contributed by atoms with Crippen molar-refractivity contribution in [1.82, 2.24) is 9.80 Å². The fraction of sp³-hybridized carbons (Fsp3) is 0.533. The van der Waals surface area contributed by atoms with E-state index < -0.39 is 0 Å². The Morgan fingerprint density at radius 3 is 2.89 bits per heavy atom. The fourth-order valence-electron chi connectivity index (χ4n) is 2.52. The first-order chi connectivity index (χ1) is 9.10. The summed E-state index contributed by atoms with van der Waals surface area (Å²) < 4.78 is 0. The standard InChI is InChI=1S/C15H22N2O2/c1-16(2)15(19)14-5-3-4-12(8-14)9-17-7-6-13(10-17)11-18/h3-5,8,13,18H,6-7,9-11H2,1-2H3. The van der Waals surface area contributed by atoms with Crippen molar-refractivity contribution in [3.8, 4) is 0 Å². The second-order valence-electron chi connectivity index (χ2n) is 5.47. The predicted molar refractivity (Wildman–Crippen MR) is 74.9 cm³/mol. The van der Waals surface area contributed by atoms with Gasteiger partial charge in [0.2, 0.25) is 0 Å². The van der Waals surface area contributed by atoms with E-state index in [1.165, 1.54) is 0 Å². The zero-order valence-corrected chi connectivity index (χ0v) is 11.7. The minimum Gasteiger partial charge on any atom is -0.396 e. The highest BCUT2D eigenvalue weighted by Gasteiger charge is 2.21. The van der Waals surface area contributed by atoms with Crippen molar-refractivity contribution in [3.63, 3.8) is 0 Å². The summed E-state index contributed by atoms with van der Waals surface area (Å²) in [7, 11) is 3.53. The lowest BCUT2D eigenvalue weighted by Crippen LogP contribution is -2.23. The maximum atomic E-state index is 11.9. The number of carbonyl (C=O) groups excluding carboxylic acids is 1. The summed E-state index contributed by atoms with van der Waals surface area (Å²) >= 11 is 0. The van der Waals surface area contributed by atoms with Crippen LogP contribution in [0, 0.1) is 5.92 Å². The fourth-order valence-corrected chi connectivity index (χ4v) is 2.52. The number of amides is 1. The summed E-state index contributed by atoms with van der Waals surface area (Å²) in [6.07, 6.45) is 1.06. The van der Waals surface area contributed by atoms with Gasteiger partial charge in [-0.1, -0.05) is 12.1 Å². The quantitative estimate of drug-likeness (QED) is 0.887. The molecule has 1 fully saturated rings. The van der Waals surface area contributed by atoms with Gasteiger partial charge in [-0.2, -0.15) is 0 Å². The van der Waals surface area contributed by atoms with E-state index >= 15 is 0 Å². The summed E-state index contributed by atoms with van der Waals surface area (Å²) in [5, 5.41) is 9.15. The number of hydrogen-bond donors (Lipinski definition) is 1. The van der Waals surface area contributed by atoms with Crippen LogP contribution < -0.4 is 0 Å². The summed E-state index contributed by atoms with van der Waals surface area (Å²) in [5.41, 5.74) is 1.90. The molecule has 1 aromatic carbocycles. The van der Waals surface area contributed by atoms with Crippen LogP contribution in [-0.2, 0) is 6.54 Å². The molecule has 1 saturated heterocycles. The third kappa shape index (κ3) is 3.55. The van der Waals surface area contributed by atoms with Crippen LogP contribution in [0.1, 0.15) is 22.3 Å². The van der Waals surface area contributed by atoms with Gasteiger partial charge in [-0.05, 0) is 36.6 Å². The zero-order chi connectivity index (χ0) is 13.8. The van der Waals surface area contributed by atoms with Crippen LogP contribution >= 0.6 is 0 Å². The molecule has 1 atom stereocenters. The van der Waals surface area contributed by atoms with Gasteiger partial charge in [0.1, 0.15) is 0 Å². The summed E-state index contributed by atoms with van der Waals surface area (Å²) in [6.45, 7) is 3.10. The molecule has 19 heavy (non-hydrogen) atoms. The Morgan fingerprint density at radius 1 is 1.47 bits per heavy atom. The minimum absolute atomic E-state index is 0.0384. The van der Waals surface area contributed by atoms with Gasteiger partial charge in [-0.25, -0.2) is 0 Å². The average molecular weight is 262 g/mol. The molecule has 1 aliphatic rings. The van der Waals surface area contributed by atoms with Crippen molar-refractivity contribution in [2.75, 3.05) is 33.8 Å². The molecule has 0 spiro atoms. The first-order valence-corrected chi connectivity index (χ1v) is 6.74. The molecule has 2 rings (SSSR count). The lowest BCUT2D eigenvalue weighted by atomic mass is 10.1. The largest absolute Gasteiger partial charge is 0.396 e. The first kappa shape index (κ1) is 14.0. The SMILES string of the molecule is CN(C)C(=O)c1cccc(CN2CCC(CO)C2)c1. The predicted octanol–water partition coefficient (Wildman–Crippen LogP) is 1.20. The van der Waals surface area contributed by atoms with E-state index in [0.717, 1.165) is 37.2 Å². The Morgan fingerprint density at radius 2 is 2.26 bits per heavy atom. The van der Waals surface area contributed by atoms with Crippen LogP contribution in [0.5, 0.6) is 0 Å². The van der Waals surface area contributed by atoms with E-state index in [1.807, 2.05) is 18.2 Å². The molecule has 1 aromatic rings. The van der Waals surface area contributed by atoms with Crippen molar-refractivity contribution in [3.05, 3.63) is 35.4 Å². The molecular weight excluding hydrogens is 240 g/mol. The van der Waals surface area contributed by atoms with E-state index in [2.05, 4.69) is 11.0 Å². The van der Waals surface area contributed by atoms with Crippen LogP contribution in [0.15, 0.2) is 24.3 Å². The van der Waals surface area contributed by atoms with Crippen LogP contribution in [0.3, 0.4) is 0 Å². The number of rotatable bonds is 4. The van der Waals surface area contributed by atoms with Gasteiger partial charge < -0.3 is 10.0 Å². The highest BCUT2D eigenvalue weighted by Crippen LogP contribution is 2.18. The van der Waals surface area contributed by atoms with Gasteiger partial charge >= 0.3 is 0 Å². The maximum Gasteiger partial charge on any atom is 0.253 e. The van der Waals surface area contributed by atoms with Gasteiger partial charge in [-0.15, -0.1) is 0 Å². The molecule has 0 saturated carbocycles. The van der Waals surface area contributed by atoms with E-state index in [0.29, 0.717) is 5.92 Å². The summed E-state index contributed by atoms with van der Waals surface area (Å²) in [5.74, 6) is 0.447. The van der Waals surface area contributed by atoms with E-state index in [-0.39, 0.29) is 12.5 Å². The van der Waals surface area contributed by atoms with Gasteiger partial charge in [0.05, 0.1) is 0 Å². The van der Waals surface area contributed by atoms with E-state index in [1.54, 1.807) is 19.0 Å². The van der Waals surface area contributed by atoms with Crippen LogP contribution in [0.4, 0.5) is 0 Å². The lowest BCUT2D eigenvalue weighted by molar-refractivity contribution is 0.0827.